The van der Waals surface area contributed by atoms with Gasteiger partial charge < -0.3 is 0 Å². The lowest BCUT2D eigenvalue weighted by Crippen LogP contribution is -2.15. The summed E-state index contributed by atoms with van der Waals surface area (Å²) in [6.07, 6.45) is 4.88. The van der Waals surface area contributed by atoms with E-state index in [1.165, 1.54) is 0 Å². The molecule has 5 heteroatoms. The Hall–Kier alpha value is -1.36. The summed E-state index contributed by atoms with van der Waals surface area (Å²) in [5.74, 6) is 0.221. The number of benzene rings is 1. The van der Waals surface area contributed by atoms with Gasteiger partial charge in [-0.1, -0.05) is 26.7 Å². The Morgan fingerprint density at radius 2 is 1.60 bits per heavy atom. The molecule has 1 aromatic carbocycles. The molecule has 0 aliphatic heterocycles. The number of carbonyl (C=O) groups is 1. The first-order valence-electron chi connectivity index (χ1n) is 6.99. The summed E-state index contributed by atoms with van der Waals surface area (Å²) in [6.45, 7) is 4.16. The Morgan fingerprint density at radius 3 is 2.00 bits per heavy atom. The fraction of sp³-hybridized carbons (Fsp3) is 0.533. The lowest BCUT2D eigenvalue weighted by atomic mass is 9.90. The molecule has 20 heavy (non-hydrogen) atoms. The van der Waals surface area contributed by atoms with Crippen molar-refractivity contribution < 1.29 is 13.2 Å². The maximum absolute atomic E-state index is 12.4. The van der Waals surface area contributed by atoms with E-state index in [1.807, 2.05) is 0 Å². The molecule has 0 saturated carbocycles. The second-order valence-corrected chi connectivity index (χ2v) is 6.84. The van der Waals surface area contributed by atoms with E-state index in [0.29, 0.717) is 11.3 Å². The van der Waals surface area contributed by atoms with Crippen molar-refractivity contribution >= 4 is 21.5 Å². The van der Waals surface area contributed by atoms with Gasteiger partial charge in [0.25, 0.3) is 0 Å². The fourth-order valence-corrected chi connectivity index (χ4v) is 2.82. The van der Waals surface area contributed by atoms with Gasteiger partial charge in [-0.25, -0.2) is 8.42 Å². The van der Waals surface area contributed by atoms with Crippen molar-refractivity contribution in [2.75, 3.05) is 11.0 Å². The second-order valence-electron chi connectivity index (χ2n) is 5.09. The van der Waals surface area contributed by atoms with Gasteiger partial charge in [0.05, 0.1) is 6.26 Å². The number of hydrogen-bond acceptors (Lipinski definition) is 3. The molecule has 0 unspecified atom stereocenters. The molecule has 0 aliphatic rings. The van der Waals surface area contributed by atoms with Gasteiger partial charge in [0, 0.05) is 17.2 Å². The van der Waals surface area contributed by atoms with Crippen LogP contribution in [0.15, 0.2) is 24.3 Å². The molecule has 0 radical (unpaired) electrons. The van der Waals surface area contributed by atoms with Crippen LogP contribution in [0.5, 0.6) is 0 Å². The first-order chi connectivity index (χ1) is 9.37. The summed E-state index contributed by atoms with van der Waals surface area (Å²) in [4.78, 5) is 12.4. The summed E-state index contributed by atoms with van der Waals surface area (Å²) in [5, 5.41) is 0. The largest absolute Gasteiger partial charge is 0.294 e. The second kappa shape index (κ2) is 7.43. The van der Waals surface area contributed by atoms with Crippen LogP contribution < -0.4 is 4.72 Å². The highest BCUT2D eigenvalue weighted by atomic mass is 32.2. The summed E-state index contributed by atoms with van der Waals surface area (Å²) < 4.78 is 24.6. The zero-order valence-electron chi connectivity index (χ0n) is 12.3. The number of ketones is 1. The molecular formula is C15H23NO3S. The monoisotopic (exact) mass is 297 g/mol. The summed E-state index contributed by atoms with van der Waals surface area (Å²) in [7, 11) is -3.28. The normalized spacial score (nSPS) is 11.6. The van der Waals surface area contributed by atoms with Gasteiger partial charge in [0.2, 0.25) is 10.0 Å². The van der Waals surface area contributed by atoms with Crippen molar-refractivity contribution in [2.45, 2.75) is 39.5 Å². The Labute approximate surface area is 121 Å². The van der Waals surface area contributed by atoms with Gasteiger partial charge in [0.15, 0.2) is 5.78 Å². The molecule has 1 N–H and O–H groups in total. The smallest absolute Gasteiger partial charge is 0.229 e. The van der Waals surface area contributed by atoms with Crippen LogP contribution in [0.3, 0.4) is 0 Å². The van der Waals surface area contributed by atoms with E-state index in [1.54, 1.807) is 24.3 Å². The maximum atomic E-state index is 12.4. The number of hydrogen-bond donors (Lipinski definition) is 1. The molecule has 0 aromatic heterocycles. The molecule has 0 heterocycles. The van der Waals surface area contributed by atoms with Crippen LogP contribution >= 0.6 is 0 Å². The Morgan fingerprint density at radius 1 is 1.10 bits per heavy atom. The molecule has 0 amide bonds. The molecule has 0 fully saturated rings. The summed E-state index contributed by atoms with van der Waals surface area (Å²) in [6, 6.07) is 6.63. The highest BCUT2D eigenvalue weighted by molar-refractivity contribution is 7.92. The third kappa shape index (κ3) is 5.33. The predicted octanol–water partition coefficient (Wildman–Crippen LogP) is 3.46. The van der Waals surface area contributed by atoms with Crippen LogP contribution in [-0.4, -0.2) is 20.5 Å². The molecule has 0 saturated heterocycles. The van der Waals surface area contributed by atoms with Crippen molar-refractivity contribution in [3.8, 4) is 0 Å². The first kappa shape index (κ1) is 16.7. The number of Topliss-reactive ketones (excluding diaryl/α,β-unsaturated/α-hetero) is 1. The number of anilines is 1. The van der Waals surface area contributed by atoms with Crippen molar-refractivity contribution in [1.29, 1.82) is 0 Å². The number of carbonyl (C=O) groups excluding carboxylic acids is 1. The molecule has 0 atom stereocenters. The first-order valence-corrected chi connectivity index (χ1v) is 8.88. The van der Waals surface area contributed by atoms with Crippen molar-refractivity contribution in [3.63, 3.8) is 0 Å². The van der Waals surface area contributed by atoms with Crippen molar-refractivity contribution in [1.82, 2.24) is 0 Å². The molecule has 0 aliphatic carbocycles. The van der Waals surface area contributed by atoms with Crippen LogP contribution in [0.1, 0.15) is 49.9 Å². The summed E-state index contributed by atoms with van der Waals surface area (Å²) in [5.41, 5.74) is 1.13. The predicted molar refractivity (Wildman–Crippen MR) is 82.5 cm³/mol. The Kier molecular flexibility index (Phi) is 6.20. The van der Waals surface area contributed by atoms with Crippen LogP contribution in [0.2, 0.25) is 0 Å². The fourth-order valence-electron chi connectivity index (χ4n) is 2.26. The molecule has 1 aromatic rings. The Bertz CT molecular complexity index is 529. The van der Waals surface area contributed by atoms with E-state index in [4.69, 9.17) is 0 Å². The SMILES string of the molecule is CCCC(CCC)C(=O)c1ccc(NS(C)(=O)=O)cc1. The minimum absolute atomic E-state index is 0.0683. The molecule has 112 valence electrons. The van der Waals surface area contributed by atoms with E-state index in [9.17, 15) is 13.2 Å². The lowest BCUT2D eigenvalue weighted by molar-refractivity contribution is 0.0905. The number of rotatable bonds is 8. The van der Waals surface area contributed by atoms with Gasteiger partial charge in [-0.2, -0.15) is 0 Å². The average Bonchev–Trinajstić information content (AvgIpc) is 2.37. The van der Waals surface area contributed by atoms with E-state index < -0.39 is 10.0 Å². The quantitative estimate of drug-likeness (QED) is 0.747. The lowest BCUT2D eigenvalue weighted by Gasteiger charge is -2.14. The van der Waals surface area contributed by atoms with Gasteiger partial charge >= 0.3 is 0 Å². The van der Waals surface area contributed by atoms with Gasteiger partial charge in [0.1, 0.15) is 0 Å². The zero-order valence-corrected chi connectivity index (χ0v) is 13.2. The van der Waals surface area contributed by atoms with Crippen LogP contribution in [0, 0.1) is 5.92 Å². The van der Waals surface area contributed by atoms with Crippen LogP contribution in [-0.2, 0) is 10.0 Å². The average molecular weight is 297 g/mol. The standard InChI is InChI=1S/C15H23NO3S/c1-4-6-12(7-5-2)15(17)13-8-10-14(11-9-13)16-20(3,18)19/h8-12,16H,4-7H2,1-3H3. The summed E-state index contributed by atoms with van der Waals surface area (Å²) >= 11 is 0. The molecule has 0 spiro atoms. The number of nitrogens with one attached hydrogen (secondary N) is 1. The zero-order chi connectivity index (χ0) is 15.2. The van der Waals surface area contributed by atoms with Crippen LogP contribution in [0.4, 0.5) is 5.69 Å². The highest BCUT2D eigenvalue weighted by Crippen LogP contribution is 2.21. The van der Waals surface area contributed by atoms with Crippen LogP contribution in [0.25, 0.3) is 0 Å². The minimum Gasteiger partial charge on any atom is -0.294 e. The molecule has 0 bridgehead atoms. The van der Waals surface area contributed by atoms with Crippen molar-refractivity contribution in [3.05, 3.63) is 29.8 Å². The molecular weight excluding hydrogens is 274 g/mol. The van der Waals surface area contributed by atoms with Gasteiger partial charge in [-0.05, 0) is 37.1 Å². The van der Waals surface area contributed by atoms with Gasteiger partial charge in [-0.3, -0.25) is 9.52 Å². The number of sulfonamides is 1. The van der Waals surface area contributed by atoms with E-state index in [-0.39, 0.29) is 11.7 Å². The Balaban J connectivity index is 2.83. The molecule has 1 rings (SSSR count). The van der Waals surface area contributed by atoms with E-state index in [0.717, 1.165) is 31.9 Å². The third-order valence-corrected chi connectivity index (χ3v) is 3.72. The van der Waals surface area contributed by atoms with Crippen molar-refractivity contribution in [2.24, 2.45) is 5.92 Å². The molecule has 4 nitrogen and oxygen atoms in total. The third-order valence-electron chi connectivity index (χ3n) is 3.12. The topological polar surface area (TPSA) is 63.2 Å². The van der Waals surface area contributed by atoms with E-state index >= 15 is 0 Å². The van der Waals surface area contributed by atoms with Gasteiger partial charge in [-0.15, -0.1) is 0 Å². The van der Waals surface area contributed by atoms with E-state index in [2.05, 4.69) is 18.6 Å². The minimum atomic E-state index is -3.28. The highest BCUT2D eigenvalue weighted by Gasteiger charge is 2.18. The maximum Gasteiger partial charge on any atom is 0.229 e.